The standard InChI is InChI=1S/C17H26FNO/c1-4-13-7-5-6-8-16(13)20-17-9-11(2)15(18)10-14(17)12(3)19/h9-10,12-13,16H,4-8,19H2,1-3H3. The lowest BCUT2D eigenvalue weighted by Crippen LogP contribution is -2.30. The molecule has 3 unspecified atom stereocenters. The molecular weight excluding hydrogens is 253 g/mol. The van der Waals surface area contributed by atoms with Gasteiger partial charge in [-0.25, -0.2) is 4.39 Å². The summed E-state index contributed by atoms with van der Waals surface area (Å²) in [5, 5.41) is 0. The first-order chi connectivity index (χ1) is 9.52. The van der Waals surface area contributed by atoms with Gasteiger partial charge in [-0.3, -0.25) is 0 Å². The molecule has 20 heavy (non-hydrogen) atoms. The van der Waals surface area contributed by atoms with Crippen LogP contribution in [0.5, 0.6) is 5.75 Å². The zero-order chi connectivity index (χ0) is 14.7. The van der Waals surface area contributed by atoms with E-state index in [0.717, 1.165) is 24.2 Å². The van der Waals surface area contributed by atoms with E-state index in [1.807, 2.05) is 6.92 Å². The van der Waals surface area contributed by atoms with Crippen LogP contribution in [0.25, 0.3) is 0 Å². The Balaban J connectivity index is 2.25. The van der Waals surface area contributed by atoms with Gasteiger partial charge in [-0.1, -0.05) is 13.3 Å². The third-order valence-electron chi connectivity index (χ3n) is 4.42. The second-order valence-electron chi connectivity index (χ2n) is 6.04. The number of aryl methyl sites for hydroxylation is 1. The number of rotatable bonds is 4. The van der Waals surface area contributed by atoms with Crippen LogP contribution in [0.1, 0.15) is 63.1 Å². The molecule has 1 aromatic rings. The summed E-state index contributed by atoms with van der Waals surface area (Å²) in [6.45, 7) is 5.86. The third kappa shape index (κ3) is 3.32. The van der Waals surface area contributed by atoms with Crippen LogP contribution >= 0.6 is 0 Å². The average molecular weight is 279 g/mol. The Kier molecular flexibility index (Phi) is 5.03. The summed E-state index contributed by atoms with van der Waals surface area (Å²) >= 11 is 0. The number of benzene rings is 1. The molecule has 2 N–H and O–H groups in total. The first kappa shape index (κ1) is 15.3. The Morgan fingerprint density at radius 1 is 1.35 bits per heavy atom. The van der Waals surface area contributed by atoms with E-state index in [0.29, 0.717) is 11.5 Å². The fourth-order valence-electron chi connectivity index (χ4n) is 3.09. The monoisotopic (exact) mass is 279 g/mol. The minimum Gasteiger partial charge on any atom is -0.490 e. The topological polar surface area (TPSA) is 35.2 Å². The molecule has 0 spiro atoms. The quantitative estimate of drug-likeness (QED) is 0.880. The first-order valence-electron chi connectivity index (χ1n) is 7.75. The molecule has 112 valence electrons. The molecule has 2 rings (SSSR count). The Bertz CT molecular complexity index is 459. The molecule has 0 aliphatic heterocycles. The zero-order valence-electron chi connectivity index (χ0n) is 12.8. The van der Waals surface area contributed by atoms with Crippen LogP contribution in [0, 0.1) is 18.7 Å². The molecule has 1 aliphatic rings. The molecule has 3 heteroatoms. The highest BCUT2D eigenvalue weighted by Gasteiger charge is 2.26. The van der Waals surface area contributed by atoms with Crippen LogP contribution in [0.4, 0.5) is 4.39 Å². The van der Waals surface area contributed by atoms with Gasteiger partial charge in [0.25, 0.3) is 0 Å². The fourth-order valence-corrected chi connectivity index (χ4v) is 3.09. The largest absolute Gasteiger partial charge is 0.490 e. The summed E-state index contributed by atoms with van der Waals surface area (Å²) in [7, 11) is 0. The normalized spacial score (nSPS) is 24.4. The van der Waals surface area contributed by atoms with Gasteiger partial charge in [0.1, 0.15) is 17.7 Å². The molecule has 1 fully saturated rings. The van der Waals surface area contributed by atoms with Gasteiger partial charge < -0.3 is 10.5 Å². The van der Waals surface area contributed by atoms with E-state index in [1.54, 1.807) is 13.0 Å². The molecule has 1 aromatic carbocycles. The maximum absolute atomic E-state index is 13.7. The van der Waals surface area contributed by atoms with Crippen LogP contribution in [0.3, 0.4) is 0 Å². The Morgan fingerprint density at radius 3 is 2.70 bits per heavy atom. The van der Waals surface area contributed by atoms with Gasteiger partial charge in [-0.15, -0.1) is 0 Å². The van der Waals surface area contributed by atoms with Crippen molar-refractivity contribution in [1.29, 1.82) is 0 Å². The van der Waals surface area contributed by atoms with Gasteiger partial charge in [0.05, 0.1) is 0 Å². The van der Waals surface area contributed by atoms with Crippen molar-refractivity contribution in [3.05, 3.63) is 29.1 Å². The second-order valence-corrected chi connectivity index (χ2v) is 6.04. The highest BCUT2D eigenvalue weighted by molar-refractivity contribution is 5.40. The third-order valence-corrected chi connectivity index (χ3v) is 4.42. The number of hydrogen-bond donors (Lipinski definition) is 1. The van der Waals surface area contributed by atoms with Crippen molar-refractivity contribution in [2.45, 2.75) is 65.0 Å². The van der Waals surface area contributed by atoms with Crippen molar-refractivity contribution in [2.75, 3.05) is 0 Å². The summed E-state index contributed by atoms with van der Waals surface area (Å²) in [6.07, 6.45) is 6.22. The molecule has 0 amide bonds. The van der Waals surface area contributed by atoms with Crippen molar-refractivity contribution in [1.82, 2.24) is 0 Å². The van der Waals surface area contributed by atoms with Crippen LogP contribution < -0.4 is 10.5 Å². The van der Waals surface area contributed by atoms with Crippen LogP contribution in [0.15, 0.2) is 12.1 Å². The zero-order valence-corrected chi connectivity index (χ0v) is 12.8. The summed E-state index contributed by atoms with van der Waals surface area (Å²) in [6, 6.07) is 3.11. The average Bonchev–Trinajstić information content (AvgIpc) is 2.43. The second kappa shape index (κ2) is 6.57. The number of nitrogens with two attached hydrogens (primary N) is 1. The lowest BCUT2D eigenvalue weighted by Gasteiger charge is -2.32. The van der Waals surface area contributed by atoms with Gasteiger partial charge in [-0.05, 0) is 63.1 Å². The van der Waals surface area contributed by atoms with Crippen molar-refractivity contribution in [2.24, 2.45) is 11.7 Å². The summed E-state index contributed by atoms with van der Waals surface area (Å²) < 4.78 is 20.0. The molecule has 3 atom stereocenters. The smallest absolute Gasteiger partial charge is 0.126 e. The molecule has 0 heterocycles. The van der Waals surface area contributed by atoms with E-state index in [2.05, 4.69) is 6.92 Å². The maximum Gasteiger partial charge on any atom is 0.126 e. The van der Waals surface area contributed by atoms with Gasteiger partial charge in [0.2, 0.25) is 0 Å². The van der Waals surface area contributed by atoms with Crippen molar-refractivity contribution < 1.29 is 9.13 Å². The van der Waals surface area contributed by atoms with E-state index in [-0.39, 0.29) is 18.0 Å². The SMILES string of the molecule is CCC1CCCCC1Oc1cc(C)c(F)cc1C(C)N. The molecule has 0 radical (unpaired) electrons. The number of halogens is 1. The van der Waals surface area contributed by atoms with Crippen molar-refractivity contribution >= 4 is 0 Å². The predicted molar refractivity (Wildman–Crippen MR) is 80.4 cm³/mol. The minimum atomic E-state index is -0.219. The van der Waals surface area contributed by atoms with E-state index < -0.39 is 0 Å². The van der Waals surface area contributed by atoms with Crippen molar-refractivity contribution in [3.8, 4) is 5.75 Å². The molecule has 1 aliphatic carbocycles. The minimum absolute atomic E-state index is 0.208. The Morgan fingerprint density at radius 2 is 2.05 bits per heavy atom. The molecule has 2 nitrogen and oxygen atoms in total. The van der Waals surface area contributed by atoms with Gasteiger partial charge in [0.15, 0.2) is 0 Å². The van der Waals surface area contributed by atoms with Crippen LogP contribution in [-0.2, 0) is 0 Å². The molecular formula is C17H26FNO. The predicted octanol–water partition coefficient (Wildman–Crippen LogP) is 4.50. The molecule has 0 aromatic heterocycles. The van der Waals surface area contributed by atoms with Gasteiger partial charge in [0, 0.05) is 11.6 Å². The van der Waals surface area contributed by atoms with E-state index in [9.17, 15) is 4.39 Å². The van der Waals surface area contributed by atoms with E-state index >= 15 is 0 Å². The molecule has 0 saturated heterocycles. The summed E-state index contributed by atoms with van der Waals surface area (Å²) in [4.78, 5) is 0. The highest BCUT2D eigenvalue weighted by atomic mass is 19.1. The van der Waals surface area contributed by atoms with Crippen LogP contribution in [0.2, 0.25) is 0 Å². The highest BCUT2D eigenvalue weighted by Crippen LogP contribution is 2.34. The van der Waals surface area contributed by atoms with Crippen LogP contribution in [-0.4, -0.2) is 6.10 Å². The maximum atomic E-state index is 13.7. The van der Waals surface area contributed by atoms with Gasteiger partial charge >= 0.3 is 0 Å². The summed E-state index contributed by atoms with van der Waals surface area (Å²) in [5.41, 5.74) is 7.35. The Hall–Kier alpha value is -1.09. The molecule has 0 bridgehead atoms. The lowest BCUT2D eigenvalue weighted by molar-refractivity contribution is 0.0889. The number of hydrogen-bond acceptors (Lipinski definition) is 2. The van der Waals surface area contributed by atoms with E-state index in [1.165, 1.54) is 25.3 Å². The van der Waals surface area contributed by atoms with Crippen molar-refractivity contribution in [3.63, 3.8) is 0 Å². The Labute approximate surface area is 121 Å². The first-order valence-corrected chi connectivity index (χ1v) is 7.75. The van der Waals surface area contributed by atoms with E-state index in [4.69, 9.17) is 10.5 Å². The molecule has 1 saturated carbocycles. The number of ether oxygens (including phenoxy) is 1. The lowest BCUT2D eigenvalue weighted by atomic mass is 9.84. The fraction of sp³-hybridized carbons (Fsp3) is 0.647. The van der Waals surface area contributed by atoms with Gasteiger partial charge in [-0.2, -0.15) is 0 Å². The summed E-state index contributed by atoms with van der Waals surface area (Å²) in [5.74, 6) is 1.17.